The number of amides is 1. The van der Waals surface area contributed by atoms with Crippen molar-refractivity contribution in [2.24, 2.45) is 5.41 Å². The lowest BCUT2D eigenvalue weighted by Crippen LogP contribution is -2.59. The van der Waals surface area contributed by atoms with Gasteiger partial charge in [-0.1, -0.05) is 12.6 Å². The van der Waals surface area contributed by atoms with Crippen molar-refractivity contribution in [2.45, 2.75) is 13.0 Å². The van der Waals surface area contributed by atoms with E-state index in [1.807, 2.05) is 12.1 Å². The van der Waals surface area contributed by atoms with Crippen molar-refractivity contribution in [3.05, 3.63) is 48.3 Å². The summed E-state index contributed by atoms with van der Waals surface area (Å²) in [6.07, 6.45) is 5.76. The van der Waals surface area contributed by atoms with Gasteiger partial charge >= 0.3 is 6.01 Å². The van der Waals surface area contributed by atoms with Crippen molar-refractivity contribution in [3.63, 3.8) is 0 Å². The van der Waals surface area contributed by atoms with Crippen LogP contribution < -0.4 is 15.0 Å². The minimum atomic E-state index is -0.0395. The molecule has 1 N–H and O–H groups in total. The summed E-state index contributed by atoms with van der Waals surface area (Å²) in [4.78, 5) is 28.6. The maximum atomic E-state index is 11.8. The molecule has 1 amide bonds. The number of pyridine rings is 1. The lowest BCUT2D eigenvalue weighted by Gasteiger charge is -2.47. The Bertz CT molecular complexity index is 996. The lowest BCUT2D eigenvalue weighted by molar-refractivity contribution is -0.136. The summed E-state index contributed by atoms with van der Waals surface area (Å²) in [6, 6.07) is 6.26. The predicted molar refractivity (Wildman–Crippen MR) is 111 cm³/mol. The zero-order valence-electron chi connectivity index (χ0n) is 16.8. The van der Waals surface area contributed by atoms with Gasteiger partial charge in [-0.3, -0.25) is 9.78 Å². The van der Waals surface area contributed by atoms with Crippen molar-refractivity contribution in [1.29, 1.82) is 5.26 Å². The van der Waals surface area contributed by atoms with E-state index in [0.29, 0.717) is 36.8 Å². The molecule has 2 aliphatic heterocycles. The molecule has 9 nitrogen and oxygen atoms in total. The van der Waals surface area contributed by atoms with E-state index in [1.165, 1.54) is 13.2 Å². The van der Waals surface area contributed by atoms with Crippen LogP contribution in [0.3, 0.4) is 0 Å². The third-order valence-electron chi connectivity index (χ3n) is 5.62. The fourth-order valence-electron chi connectivity index (χ4n) is 4.09. The van der Waals surface area contributed by atoms with Gasteiger partial charge in [0.15, 0.2) is 11.6 Å². The van der Waals surface area contributed by atoms with Crippen molar-refractivity contribution >= 4 is 17.5 Å². The zero-order chi connectivity index (χ0) is 21.1. The Morgan fingerprint density at radius 1 is 1.43 bits per heavy atom. The molecule has 1 spiro atoms. The second-order valence-electron chi connectivity index (χ2n) is 7.65. The Labute approximate surface area is 175 Å². The van der Waals surface area contributed by atoms with Crippen LogP contribution in [0, 0.1) is 16.7 Å². The molecule has 2 aromatic rings. The van der Waals surface area contributed by atoms with Crippen LogP contribution in [-0.2, 0) is 11.3 Å². The van der Waals surface area contributed by atoms with Crippen LogP contribution in [0.2, 0.25) is 0 Å². The smallest absolute Gasteiger partial charge is 0.320 e. The molecule has 4 heterocycles. The topological polar surface area (TPSA) is 107 Å². The molecular weight excluding hydrogens is 382 g/mol. The Hall–Kier alpha value is -3.67. The molecule has 0 bridgehead atoms. The number of methoxy groups -OCH3 is 1. The van der Waals surface area contributed by atoms with E-state index >= 15 is 0 Å². The van der Waals surface area contributed by atoms with Crippen LogP contribution in [0.25, 0.3) is 0 Å². The predicted octanol–water partition coefficient (Wildman–Crippen LogP) is 1.59. The van der Waals surface area contributed by atoms with Gasteiger partial charge in [0.1, 0.15) is 11.6 Å². The molecule has 2 fully saturated rings. The van der Waals surface area contributed by atoms with Gasteiger partial charge in [-0.15, -0.1) is 0 Å². The van der Waals surface area contributed by atoms with E-state index in [9.17, 15) is 10.1 Å². The monoisotopic (exact) mass is 405 g/mol. The van der Waals surface area contributed by atoms with E-state index < -0.39 is 0 Å². The second kappa shape index (κ2) is 7.99. The van der Waals surface area contributed by atoms with E-state index in [1.54, 1.807) is 17.3 Å². The number of rotatable bonds is 6. The Kier molecular flexibility index (Phi) is 5.23. The zero-order valence-corrected chi connectivity index (χ0v) is 16.8. The van der Waals surface area contributed by atoms with Crippen molar-refractivity contribution in [3.8, 4) is 12.1 Å². The summed E-state index contributed by atoms with van der Waals surface area (Å²) in [5, 5.41) is 13.1. The first-order valence-corrected chi connectivity index (χ1v) is 9.73. The summed E-state index contributed by atoms with van der Waals surface area (Å²) in [6.45, 7) is 6.91. The molecule has 2 aliphatic rings. The highest BCUT2D eigenvalue weighted by molar-refractivity contribution is 5.87. The van der Waals surface area contributed by atoms with Gasteiger partial charge in [0.2, 0.25) is 5.91 Å². The van der Waals surface area contributed by atoms with Gasteiger partial charge in [0.05, 0.1) is 7.11 Å². The van der Waals surface area contributed by atoms with Crippen molar-refractivity contribution < 1.29 is 9.53 Å². The molecule has 0 atom stereocenters. The van der Waals surface area contributed by atoms with Crippen molar-refractivity contribution in [2.75, 3.05) is 43.5 Å². The number of carbonyl (C=O) groups excluding carboxylic acids is 1. The minimum Gasteiger partial charge on any atom is -0.467 e. The molecule has 154 valence electrons. The molecule has 0 unspecified atom stereocenters. The Balaban J connectivity index is 1.55. The number of likely N-dealkylation sites (tertiary alicyclic amines) is 1. The minimum absolute atomic E-state index is 0.0346. The maximum absolute atomic E-state index is 11.8. The third-order valence-corrected chi connectivity index (χ3v) is 5.62. The molecule has 2 aromatic heterocycles. The molecule has 4 rings (SSSR count). The molecule has 9 heteroatoms. The largest absolute Gasteiger partial charge is 0.467 e. The van der Waals surface area contributed by atoms with Gasteiger partial charge in [0, 0.05) is 50.5 Å². The molecule has 0 aliphatic carbocycles. The number of nitrogens with zero attached hydrogens (tertiary/aromatic N) is 6. The first kappa shape index (κ1) is 19.6. The summed E-state index contributed by atoms with van der Waals surface area (Å²) >= 11 is 0. The van der Waals surface area contributed by atoms with Crippen LogP contribution in [0.1, 0.15) is 17.5 Å². The summed E-state index contributed by atoms with van der Waals surface area (Å²) in [5.41, 5.74) is 1.39. The SMILES string of the molecule is C=CC(=O)N1CC2(CCN(c3nc(OC)nc(NCc4cccnc4)c3C#N)C2)C1. The molecule has 0 saturated carbocycles. The van der Waals surface area contributed by atoms with E-state index in [2.05, 4.69) is 37.8 Å². The first-order chi connectivity index (χ1) is 14.6. The van der Waals surface area contributed by atoms with Crippen LogP contribution in [0.15, 0.2) is 37.2 Å². The first-order valence-electron chi connectivity index (χ1n) is 9.73. The molecule has 0 aromatic carbocycles. The maximum Gasteiger partial charge on any atom is 0.320 e. The molecule has 30 heavy (non-hydrogen) atoms. The normalized spacial score (nSPS) is 16.7. The Morgan fingerprint density at radius 2 is 2.27 bits per heavy atom. The fraction of sp³-hybridized carbons (Fsp3) is 0.381. The average Bonchev–Trinajstić information content (AvgIpc) is 3.22. The van der Waals surface area contributed by atoms with E-state index in [-0.39, 0.29) is 17.3 Å². The van der Waals surface area contributed by atoms with E-state index in [4.69, 9.17) is 4.74 Å². The van der Waals surface area contributed by atoms with Crippen molar-refractivity contribution in [1.82, 2.24) is 19.9 Å². The molecular formula is C21H23N7O2. The number of aromatic nitrogens is 3. The number of ether oxygens (including phenoxy) is 1. The van der Waals surface area contributed by atoms with Gasteiger partial charge in [-0.2, -0.15) is 15.2 Å². The quantitative estimate of drug-likeness (QED) is 0.722. The number of anilines is 2. The highest BCUT2D eigenvalue weighted by Gasteiger charge is 2.49. The number of hydrogen-bond donors (Lipinski definition) is 1. The number of carbonyl (C=O) groups is 1. The summed E-state index contributed by atoms with van der Waals surface area (Å²) < 4.78 is 5.29. The summed E-state index contributed by atoms with van der Waals surface area (Å²) in [7, 11) is 1.51. The van der Waals surface area contributed by atoms with E-state index in [0.717, 1.165) is 25.1 Å². The van der Waals surface area contributed by atoms with Gasteiger partial charge in [-0.05, 0) is 24.1 Å². The highest BCUT2D eigenvalue weighted by Crippen LogP contribution is 2.42. The number of hydrogen-bond acceptors (Lipinski definition) is 8. The highest BCUT2D eigenvalue weighted by atomic mass is 16.5. The number of nitriles is 1. The Morgan fingerprint density at radius 3 is 2.93 bits per heavy atom. The van der Waals surface area contributed by atoms with Gasteiger partial charge < -0.3 is 19.9 Å². The number of nitrogens with one attached hydrogen (secondary N) is 1. The third kappa shape index (κ3) is 3.64. The summed E-state index contributed by atoms with van der Waals surface area (Å²) in [5.74, 6) is 0.951. The fourth-order valence-corrected chi connectivity index (χ4v) is 4.09. The second-order valence-corrected chi connectivity index (χ2v) is 7.65. The molecule has 0 radical (unpaired) electrons. The van der Waals surface area contributed by atoms with Crippen LogP contribution in [0.5, 0.6) is 6.01 Å². The van der Waals surface area contributed by atoms with Gasteiger partial charge in [-0.25, -0.2) is 0 Å². The lowest BCUT2D eigenvalue weighted by atomic mass is 9.79. The van der Waals surface area contributed by atoms with Crippen LogP contribution in [-0.4, -0.2) is 59.0 Å². The van der Waals surface area contributed by atoms with Gasteiger partial charge in [0.25, 0.3) is 0 Å². The van der Waals surface area contributed by atoms with Crippen LogP contribution in [0.4, 0.5) is 11.6 Å². The standard InChI is InChI=1S/C21H23N7O2/c1-3-17(29)28-13-21(14-28)6-8-27(12-21)19-16(9-22)18(25-20(26-19)30-2)24-11-15-5-4-7-23-10-15/h3-5,7,10H,1,6,8,11-14H2,2H3,(H,24,25,26). The van der Waals surface area contributed by atoms with Crippen LogP contribution >= 0.6 is 0 Å². The molecule has 2 saturated heterocycles. The average molecular weight is 405 g/mol.